The Morgan fingerprint density at radius 2 is 1.86 bits per heavy atom. The predicted octanol–water partition coefficient (Wildman–Crippen LogP) is 2.32. The van der Waals surface area contributed by atoms with Gasteiger partial charge in [0, 0.05) is 24.3 Å². The van der Waals surface area contributed by atoms with Crippen LogP contribution >= 0.6 is 0 Å². The van der Waals surface area contributed by atoms with E-state index in [1.807, 2.05) is 4.90 Å². The van der Waals surface area contributed by atoms with Crippen LogP contribution in [-0.2, 0) is 10.0 Å². The van der Waals surface area contributed by atoms with Crippen LogP contribution < -0.4 is 4.72 Å². The second-order valence-corrected chi connectivity index (χ2v) is 7.53. The topological polar surface area (TPSA) is 66.5 Å². The van der Waals surface area contributed by atoms with E-state index in [9.17, 15) is 13.2 Å². The summed E-state index contributed by atoms with van der Waals surface area (Å²) in [6, 6.07) is 6.58. The number of hydrogen-bond acceptors (Lipinski definition) is 3. The van der Waals surface area contributed by atoms with Crippen molar-refractivity contribution < 1.29 is 13.2 Å². The smallest absolute Gasteiger partial charge is 0.253 e. The normalized spacial score (nSPS) is 19.9. The monoisotopic (exact) mass is 310 g/mol. The lowest BCUT2D eigenvalue weighted by atomic mass is 10.0. The standard InChI is InChI=1S/C15H22N2O3S/c1-12-4-3-10-17(11-9-12)15(18)13-5-7-14(8-6-13)16-21(2,19)20/h5-8,12,16H,3-4,9-11H2,1-2H3. The van der Waals surface area contributed by atoms with Crippen molar-refractivity contribution >= 4 is 21.6 Å². The van der Waals surface area contributed by atoms with Crippen LogP contribution in [0, 0.1) is 5.92 Å². The molecule has 1 N–H and O–H groups in total. The summed E-state index contributed by atoms with van der Waals surface area (Å²) in [5.41, 5.74) is 1.07. The Bertz CT molecular complexity index is 596. The van der Waals surface area contributed by atoms with E-state index in [-0.39, 0.29) is 5.91 Å². The Kier molecular flexibility index (Phi) is 4.88. The van der Waals surface area contributed by atoms with Gasteiger partial charge in [0.1, 0.15) is 0 Å². The maximum atomic E-state index is 12.4. The lowest BCUT2D eigenvalue weighted by Gasteiger charge is -2.20. The molecule has 116 valence electrons. The van der Waals surface area contributed by atoms with Crippen molar-refractivity contribution in [3.8, 4) is 0 Å². The van der Waals surface area contributed by atoms with E-state index in [0.29, 0.717) is 17.2 Å². The second kappa shape index (κ2) is 6.47. The largest absolute Gasteiger partial charge is 0.339 e. The van der Waals surface area contributed by atoms with E-state index in [1.165, 1.54) is 6.42 Å². The third-order valence-corrected chi connectivity index (χ3v) is 4.35. The van der Waals surface area contributed by atoms with Crippen LogP contribution in [0.5, 0.6) is 0 Å². The first-order valence-electron chi connectivity index (χ1n) is 7.22. The number of benzene rings is 1. The van der Waals surface area contributed by atoms with Crippen LogP contribution in [0.4, 0.5) is 5.69 Å². The lowest BCUT2D eigenvalue weighted by molar-refractivity contribution is 0.0760. The molecule has 0 saturated carbocycles. The molecule has 0 aliphatic carbocycles. The molecule has 1 unspecified atom stereocenters. The third-order valence-electron chi connectivity index (χ3n) is 3.74. The van der Waals surface area contributed by atoms with Gasteiger partial charge in [0.25, 0.3) is 5.91 Å². The summed E-state index contributed by atoms with van der Waals surface area (Å²) in [5.74, 6) is 0.694. The number of nitrogens with zero attached hydrogens (tertiary/aromatic N) is 1. The molecule has 0 radical (unpaired) electrons. The zero-order valence-corrected chi connectivity index (χ0v) is 13.3. The molecule has 1 aromatic rings. The molecule has 1 amide bonds. The molecule has 0 bridgehead atoms. The molecule has 1 saturated heterocycles. The summed E-state index contributed by atoms with van der Waals surface area (Å²) in [7, 11) is -3.29. The Labute approximate surface area is 126 Å². The summed E-state index contributed by atoms with van der Waals surface area (Å²) in [6.07, 6.45) is 4.35. The van der Waals surface area contributed by atoms with Crippen molar-refractivity contribution in [2.24, 2.45) is 5.92 Å². The first-order chi connectivity index (χ1) is 9.85. The molecule has 2 rings (SSSR count). The van der Waals surface area contributed by atoms with E-state index in [4.69, 9.17) is 0 Å². The van der Waals surface area contributed by atoms with Crippen molar-refractivity contribution in [1.29, 1.82) is 0 Å². The Morgan fingerprint density at radius 1 is 1.19 bits per heavy atom. The fourth-order valence-electron chi connectivity index (χ4n) is 2.54. The SMILES string of the molecule is CC1CCCN(C(=O)c2ccc(NS(C)(=O)=O)cc2)CC1. The predicted molar refractivity (Wildman–Crippen MR) is 83.8 cm³/mol. The van der Waals surface area contributed by atoms with Gasteiger partial charge in [-0.25, -0.2) is 8.42 Å². The van der Waals surface area contributed by atoms with Crippen molar-refractivity contribution in [2.45, 2.75) is 26.2 Å². The Hall–Kier alpha value is -1.56. The number of sulfonamides is 1. The molecule has 1 fully saturated rings. The number of amides is 1. The molecule has 21 heavy (non-hydrogen) atoms. The number of carbonyl (C=O) groups is 1. The highest BCUT2D eigenvalue weighted by Crippen LogP contribution is 2.19. The van der Waals surface area contributed by atoms with Crippen LogP contribution in [0.2, 0.25) is 0 Å². The van der Waals surface area contributed by atoms with Crippen LogP contribution in [0.1, 0.15) is 36.5 Å². The minimum Gasteiger partial charge on any atom is -0.339 e. The Balaban J connectivity index is 2.05. The zero-order valence-electron chi connectivity index (χ0n) is 12.5. The van der Waals surface area contributed by atoms with Crippen molar-refractivity contribution in [2.75, 3.05) is 24.1 Å². The fourth-order valence-corrected chi connectivity index (χ4v) is 3.11. The van der Waals surface area contributed by atoms with Gasteiger partial charge < -0.3 is 4.90 Å². The number of carbonyl (C=O) groups excluding carboxylic acids is 1. The summed E-state index contributed by atoms with van der Waals surface area (Å²) >= 11 is 0. The molecular formula is C15H22N2O3S. The van der Waals surface area contributed by atoms with Gasteiger partial charge in [0.2, 0.25) is 10.0 Å². The highest BCUT2D eigenvalue weighted by atomic mass is 32.2. The molecule has 1 aromatic carbocycles. The van der Waals surface area contributed by atoms with E-state index in [2.05, 4.69) is 11.6 Å². The van der Waals surface area contributed by atoms with Crippen LogP contribution in [0.3, 0.4) is 0 Å². The molecule has 5 nitrogen and oxygen atoms in total. The van der Waals surface area contributed by atoms with E-state index in [1.54, 1.807) is 24.3 Å². The molecule has 0 spiro atoms. The number of nitrogens with one attached hydrogen (secondary N) is 1. The summed E-state index contributed by atoms with van der Waals surface area (Å²) in [6.45, 7) is 3.81. The van der Waals surface area contributed by atoms with Crippen molar-refractivity contribution in [1.82, 2.24) is 4.90 Å². The third kappa shape index (κ3) is 4.74. The average molecular weight is 310 g/mol. The highest BCUT2D eigenvalue weighted by Gasteiger charge is 2.19. The van der Waals surface area contributed by atoms with Gasteiger partial charge in [-0.3, -0.25) is 9.52 Å². The molecule has 6 heteroatoms. The van der Waals surface area contributed by atoms with Gasteiger partial charge >= 0.3 is 0 Å². The first-order valence-corrected chi connectivity index (χ1v) is 9.11. The van der Waals surface area contributed by atoms with Gasteiger partial charge in [-0.05, 0) is 49.4 Å². The molecular weight excluding hydrogens is 288 g/mol. The lowest BCUT2D eigenvalue weighted by Crippen LogP contribution is -2.31. The maximum absolute atomic E-state index is 12.4. The van der Waals surface area contributed by atoms with Gasteiger partial charge in [0.05, 0.1) is 6.26 Å². The number of anilines is 1. The first kappa shape index (κ1) is 15.8. The average Bonchev–Trinajstić information content (AvgIpc) is 2.62. The Morgan fingerprint density at radius 3 is 2.48 bits per heavy atom. The molecule has 1 aliphatic rings. The quantitative estimate of drug-likeness (QED) is 0.931. The van der Waals surface area contributed by atoms with Gasteiger partial charge in [-0.1, -0.05) is 6.92 Å². The van der Waals surface area contributed by atoms with E-state index >= 15 is 0 Å². The second-order valence-electron chi connectivity index (χ2n) is 5.78. The molecule has 1 heterocycles. The minimum atomic E-state index is -3.29. The zero-order chi connectivity index (χ0) is 15.5. The number of likely N-dealkylation sites (tertiary alicyclic amines) is 1. The van der Waals surface area contributed by atoms with Gasteiger partial charge in [-0.15, -0.1) is 0 Å². The maximum Gasteiger partial charge on any atom is 0.253 e. The van der Waals surface area contributed by atoms with Crippen LogP contribution in [0.15, 0.2) is 24.3 Å². The van der Waals surface area contributed by atoms with Crippen molar-refractivity contribution in [3.05, 3.63) is 29.8 Å². The molecule has 0 aromatic heterocycles. The summed E-state index contributed by atoms with van der Waals surface area (Å²) < 4.78 is 24.7. The van der Waals surface area contributed by atoms with Gasteiger partial charge in [-0.2, -0.15) is 0 Å². The van der Waals surface area contributed by atoms with Gasteiger partial charge in [0.15, 0.2) is 0 Å². The number of rotatable bonds is 3. The minimum absolute atomic E-state index is 0.0232. The fraction of sp³-hybridized carbons (Fsp3) is 0.533. The van der Waals surface area contributed by atoms with Crippen LogP contribution in [0.25, 0.3) is 0 Å². The highest BCUT2D eigenvalue weighted by molar-refractivity contribution is 7.92. The van der Waals surface area contributed by atoms with E-state index < -0.39 is 10.0 Å². The summed E-state index contributed by atoms with van der Waals surface area (Å²) in [4.78, 5) is 14.3. The molecule has 1 aliphatic heterocycles. The number of hydrogen-bond donors (Lipinski definition) is 1. The van der Waals surface area contributed by atoms with Crippen molar-refractivity contribution in [3.63, 3.8) is 0 Å². The molecule has 1 atom stereocenters. The summed E-state index contributed by atoms with van der Waals surface area (Å²) in [5, 5.41) is 0. The van der Waals surface area contributed by atoms with E-state index in [0.717, 1.165) is 32.2 Å². The van der Waals surface area contributed by atoms with Crippen LogP contribution in [-0.4, -0.2) is 38.6 Å².